The molecule has 2 saturated heterocycles. The molecule has 3 N–H and O–H groups in total. The van der Waals surface area contributed by atoms with Crippen LogP contribution in [0.2, 0.25) is 0 Å². The summed E-state index contributed by atoms with van der Waals surface area (Å²) in [5.74, 6) is -2.03. The average Bonchev–Trinajstić information content (AvgIpc) is 3.43. The van der Waals surface area contributed by atoms with Crippen LogP contribution in [0, 0.1) is 0 Å². The first kappa shape index (κ1) is 31.6. The standard InChI is InChI=1S/C25H36N6O9S/c1-23(2,3)38-19(34)25(7,8)40-30-16(14-12-41-20(27-14)29-21(35)39-24(4,5)6)18(33)28-15-13(26-17(15)32)11-31-9-10-37-22(31)36/h12-13,15H,9-11H2,1-8H3,(H,26,32)(H,28,33)(H,27,29,35)/b30-16+/t13-,15+/m1/s1. The number of thiazole rings is 1. The van der Waals surface area contributed by atoms with Crippen molar-refractivity contribution in [2.45, 2.75) is 84.3 Å². The third-order valence-electron chi connectivity index (χ3n) is 5.39. The molecule has 41 heavy (non-hydrogen) atoms. The largest absolute Gasteiger partial charge is 0.457 e. The molecule has 15 nitrogen and oxygen atoms in total. The average molecular weight is 597 g/mol. The van der Waals surface area contributed by atoms with E-state index in [1.807, 2.05) is 0 Å². The second-order valence-corrected chi connectivity index (χ2v) is 12.7. The number of nitrogens with one attached hydrogen (secondary N) is 3. The van der Waals surface area contributed by atoms with Crippen LogP contribution >= 0.6 is 11.3 Å². The third kappa shape index (κ3) is 8.77. The van der Waals surface area contributed by atoms with Gasteiger partial charge in [0.2, 0.25) is 11.5 Å². The molecule has 1 aromatic rings. The Balaban J connectivity index is 1.82. The number of oxime groups is 1. The molecule has 3 heterocycles. The number of β-lactam (4-membered cyclic amide) rings is 1. The zero-order valence-electron chi connectivity index (χ0n) is 24.3. The first-order chi connectivity index (χ1) is 18.8. The Morgan fingerprint density at radius 1 is 1.12 bits per heavy atom. The highest BCUT2D eigenvalue weighted by molar-refractivity contribution is 7.14. The fraction of sp³-hybridized carbons (Fsp3) is 0.640. The lowest BCUT2D eigenvalue weighted by Gasteiger charge is -2.38. The highest BCUT2D eigenvalue weighted by Crippen LogP contribution is 2.21. The lowest BCUT2D eigenvalue weighted by atomic mass is 9.98. The first-order valence-electron chi connectivity index (χ1n) is 12.8. The van der Waals surface area contributed by atoms with E-state index in [1.165, 1.54) is 24.1 Å². The van der Waals surface area contributed by atoms with Crippen LogP contribution in [0.25, 0.3) is 0 Å². The van der Waals surface area contributed by atoms with Crippen LogP contribution in [0.4, 0.5) is 14.7 Å². The van der Waals surface area contributed by atoms with E-state index in [9.17, 15) is 24.0 Å². The van der Waals surface area contributed by atoms with Crippen LogP contribution in [0.5, 0.6) is 0 Å². The van der Waals surface area contributed by atoms with Crippen LogP contribution in [0.15, 0.2) is 10.5 Å². The summed E-state index contributed by atoms with van der Waals surface area (Å²) in [5, 5.41) is 13.2. The third-order valence-corrected chi connectivity index (χ3v) is 6.14. The van der Waals surface area contributed by atoms with Gasteiger partial charge in [-0.15, -0.1) is 11.3 Å². The van der Waals surface area contributed by atoms with Crippen LogP contribution < -0.4 is 16.0 Å². The Morgan fingerprint density at radius 3 is 2.34 bits per heavy atom. The highest BCUT2D eigenvalue weighted by Gasteiger charge is 2.44. The molecule has 0 bridgehead atoms. The van der Waals surface area contributed by atoms with Crippen molar-refractivity contribution in [2.24, 2.45) is 5.16 Å². The number of amides is 4. The number of nitrogens with zero attached hydrogens (tertiary/aromatic N) is 3. The highest BCUT2D eigenvalue weighted by atomic mass is 32.1. The molecule has 0 radical (unpaired) electrons. The SMILES string of the molecule is CC(C)(C)OC(=O)Nc1nc(/C(=N\OC(C)(C)C(=O)OC(C)(C)C)C(=O)N[C@@H]2C(=O)N[C@@H]2CN2CCOC2=O)cs1. The predicted molar refractivity (Wildman–Crippen MR) is 146 cm³/mol. The Kier molecular flexibility index (Phi) is 9.15. The maximum Gasteiger partial charge on any atom is 0.413 e. The monoisotopic (exact) mass is 596 g/mol. The van der Waals surface area contributed by atoms with E-state index in [0.29, 0.717) is 6.54 Å². The van der Waals surface area contributed by atoms with Gasteiger partial charge in [-0.25, -0.2) is 19.4 Å². The fourth-order valence-corrected chi connectivity index (χ4v) is 4.11. The smallest absolute Gasteiger partial charge is 0.413 e. The van der Waals surface area contributed by atoms with Gasteiger partial charge in [0, 0.05) is 11.9 Å². The van der Waals surface area contributed by atoms with E-state index in [0.717, 1.165) is 11.3 Å². The van der Waals surface area contributed by atoms with E-state index in [4.69, 9.17) is 19.0 Å². The molecule has 2 aliphatic rings. The molecule has 2 fully saturated rings. The lowest BCUT2D eigenvalue weighted by molar-refractivity contribution is -0.179. The molecule has 3 rings (SSSR count). The van der Waals surface area contributed by atoms with Crippen LogP contribution in [0.1, 0.15) is 61.1 Å². The van der Waals surface area contributed by atoms with E-state index < -0.39 is 58.9 Å². The quantitative estimate of drug-likeness (QED) is 0.125. The van der Waals surface area contributed by atoms with E-state index in [-0.39, 0.29) is 29.7 Å². The molecule has 0 aromatic carbocycles. The molecule has 0 unspecified atom stereocenters. The number of cyclic esters (lactones) is 1. The van der Waals surface area contributed by atoms with E-state index in [1.54, 1.807) is 41.5 Å². The van der Waals surface area contributed by atoms with Gasteiger partial charge in [0.25, 0.3) is 5.91 Å². The zero-order chi connectivity index (χ0) is 30.8. The number of ether oxygens (including phenoxy) is 3. The maximum absolute atomic E-state index is 13.4. The molecular formula is C25H36N6O9S. The number of esters is 1. The van der Waals surface area contributed by atoms with Gasteiger partial charge in [-0.1, -0.05) is 5.16 Å². The van der Waals surface area contributed by atoms with Crippen molar-refractivity contribution >= 4 is 52.2 Å². The van der Waals surface area contributed by atoms with E-state index in [2.05, 4.69) is 26.1 Å². The minimum absolute atomic E-state index is 0.00190. The minimum Gasteiger partial charge on any atom is -0.457 e. The number of carbonyl (C=O) groups is 5. The summed E-state index contributed by atoms with van der Waals surface area (Å²) in [4.78, 5) is 73.5. The van der Waals surface area contributed by atoms with Crippen LogP contribution in [-0.2, 0) is 33.4 Å². The van der Waals surface area contributed by atoms with Gasteiger partial charge in [0.05, 0.1) is 12.6 Å². The topological polar surface area (TPSA) is 187 Å². The number of rotatable bonds is 9. The van der Waals surface area contributed by atoms with Crippen molar-refractivity contribution in [1.82, 2.24) is 20.5 Å². The van der Waals surface area contributed by atoms with Gasteiger partial charge in [-0.2, -0.15) is 0 Å². The second kappa shape index (κ2) is 11.9. The fourth-order valence-electron chi connectivity index (χ4n) is 3.43. The maximum atomic E-state index is 13.4. The summed E-state index contributed by atoms with van der Waals surface area (Å²) in [7, 11) is 0. The van der Waals surface area contributed by atoms with Gasteiger partial charge in [0.1, 0.15) is 29.5 Å². The van der Waals surface area contributed by atoms with Crippen molar-refractivity contribution < 1.29 is 43.0 Å². The number of hydrogen-bond acceptors (Lipinski definition) is 12. The Morgan fingerprint density at radius 2 is 1.78 bits per heavy atom. The summed E-state index contributed by atoms with van der Waals surface area (Å²) in [5.41, 5.74) is -3.51. The van der Waals surface area contributed by atoms with Crippen molar-refractivity contribution in [1.29, 1.82) is 0 Å². The molecule has 1 aromatic heterocycles. The molecule has 2 atom stereocenters. The van der Waals surface area contributed by atoms with Crippen molar-refractivity contribution in [3.8, 4) is 0 Å². The number of aromatic nitrogens is 1. The zero-order valence-corrected chi connectivity index (χ0v) is 25.1. The first-order valence-corrected chi connectivity index (χ1v) is 13.7. The Bertz CT molecular complexity index is 1230. The minimum atomic E-state index is -1.60. The van der Waals surface area contributed by atoms with Crippen molar-refractivity contribution in [3.05, 3.63) is 11.1 Å². The van der Waals surface area contributed by atoms with E-state index >= 15 is 0 Å². The van der Waals surface area contributed by atoms with Gasteiger partial charge in [-0.05, 0) is 55.4 Å². The molecule has 0 aliphatic carbocycles. The number of anilines is 1. The molecule has 2 aliphatic heterocycles. The lowest BCUT2D eigenvalue weighted by Crippen LogP contribution is -2.72. The Hall–Kier alpha value is -3.95. The summed E-state index contributed by atoms with van der Waals surface area (Å²) in [6, 6.07) is -1.56. The second-order valence-electron chi connectivity index (χ2n) is 11.8. The van der Waals surface area contributed by atoms with Crippen molar-refractivity contribution in [2.75, 3.05) is 25.0 Å². The molecule has 226 valence electrons. The number of hydrogen-bond donors (Lipinski definition) is 3. The van der Waals surface area contributed by atoms with Gasteiger partial charge in [-0.3, -0.25) is 14.9 Å². The summed E-state index contributed by atoms with van der Waals surface area (Å²) in [6.45, 7) is 13.8. The molecule has 0 saturated carbocycles. The summed E-state index contributed by atoms with van der Waals surface area (Å²) in [6.07, 6.45) is -1.26. The summed E-state index contributed by atoms with van der Waals surface area (Å²) < 4.78 is 15.5. The molecule has 0 spiro atoms. The molecular weight excluding hydrogens is 560 g/mol. The Labute approximate surface area is 241 Å². The van der Waals surface area contributed by atoms with Crippen LogP contribution in [0.3, 0.4) is 0 Å². The molecule has 4 amide bonds. The van der Waals surface area contributed by atoms with Crippen LogP contribution in [-0.4, -0.2) is 94.1 Å². The summed E-state index contributed by atoms with van der Waals surface area (Å²) >= 11 is 0.990. The van der Waals surface area contributed by atoms with Crippen molar-refractivity contribution in [3.63, 3.8) is 0 Å². The normalized spacial score (nSPS) is 19.5. The van der Waals surface area contributed by atoms with Gasteiger partial charge < -0.3 is 34.6 Å². The molecule has 16 heteroatoms. The number of carbonyl (C=O) groups excluding carboxylic acids is 5. The van der Waals surface area contributed by atoms with Gasteiger partial charge in [0.15, 0.2) is 10.8 Å². The predicted octanol–water partition coefficient (Wildman–Crippen LogP) is 1.77. The van der Waals surface area contributed by atoms with Gasteiger partial charge >= 0.3 is 18.2 Å².